The summed E-state index contributed by atoms with van der Waals surface area (Å²) in [6, 6.07) is 11.6. The number of nitrogens with one attached hydrogen (secondary N) is 1. The minimum absolute atomic E-state index is 0.0680. The van der Waals surface area contributed by atoms with Crippen LogP contribution in [-0.2, 0) is 6.42 Å². The van der Waals surface area contributed by atoms with E-state index >= 15 is 0 Å². The van der Waals surface area contributed by atoms with Crippen molar-refractivity contribution in [1.82, 2.24) is 5.32 Å². The van der Waals surface area contributed by atoms with Crippen LogP contribution in [0.2, 0.25) is 0 Å². The minimum Gasteiger partial charge on any atom is -0.316 e. The zero-order chi connectivity index (χ0) is 15.2. The maximum absolute atomic E-state index is 13.7. The van der Waals surface area contributed by atoms with Crippen LogP contribution in [-0.4, -0.2) is 18.8 Å². The lowest BCUT2D eigenvalue weighted by Gasteiger charge is -2.17. The molecule has 5 heteroatoms. The Morgan fingerprint density at radius 2 is 1.95 bits per heavy atom. The van der Waals surface area contributed by atoms with Gasteiger partial charge in [-0.25, -0.2) is 8.78 Å². The van der Waals surface area contributed by atoms with Gasteiger partial charge in [0.05, 0.1) is 0 Å². The number of hydrogen-bond acceptors (Lipinski definition) is 2. The van der Waals surface area contributed by atoms with Gasteiger partial charge in [0.1, 0.15) is 11.6 Å². The lowest BCUT2D eigenvalue weighted by Crippen LogP contribution is -2.30. The fraction of sp³-hybridized carbons (Fsp3) is 0.250. The van der Waals surface area contributed by atoms with Gasteiger partial charge in [0.15, 0.2) is 0 Å². The van der Waals surface area contributed by atoms with Crippen molar-refractivity contribution in [2.24, 2.45) is 0 Å². The molecule has 0 aliphatic heterocycles. The first-order chi connectivity index (χ1) is 10.1. The smallest absolute Gasteiger partial charge is 0.126 e. The van der Waals surface area contributed by atoms with Gasteiger partial charge < -0.3 is 5.32 Å². The third-order valence-electron chi connectivity index (χ3n) is 3.16. The Kier molecular flexibility index (Phi) is 6.21. The molecular weight excluding hydrogens is 356 g/mol. The van der Waals surface area contributed by atoms with Crippen LogP contribution in [0.1, 0.15) is 5.56 Å². The monoisotopic (exact) mass is 371 g/mol. The highest BCUT2D eigenvalue weighted by Crippen LogP contribution is 2.28. The summed E-state index contributed by atoms with van der Waals surface area (Å²) < 4.78 is 27.9. The maximum atomic E-state index is 13.7. The van der Waals surface area contributed by atoms with E-state index in [1.807, 2.05) is 31.3 Å². The van der Waals surface area contributed by atoms with Crippen LogP contribution in [0.5, 0.6) is 0 Å². The van der Waals surface area contributed by atoms with Gasteiger partial charge in [-0.3, -0.25) is 0 Å². The van der Waals surface area contributed by atoms with Gasteiger partial charge in [0.2, 0.25) is 0 Å². The summed E-state index contributed by atoms with van der Waals surface area (Å²) in [5.74, 6) is 0.0111. The first kappa shape index (κ1) is 16.5. The van der Waals surface area contributed by atoms with Crippen LogP contribution < -0.4 is 5.32 Å². The minimum atomic E-state index is -0.403. The molecule has 1 N–H and O–H groups in total. The van der Waals surface area contributed by atoms with Crippen LogP contribution in [0.15, 0.2) is 51.8 Å². The quantitative estimate of drug-likeness (QED) is 0.741. The average molecular weight is 372 g/mol. The second-order valence-electron chi connectivity index (χ2n) is 4.67. The van der Waals surface area contributed by atoms with Gasteiger partial charge in [0, 0.05) is 21.2 Å². The van der Waals surface area contributed by atoms with E-state index in [1.165, 1.54) is 12.1 Å². The predicted molar refractivity (Wildman–Crippen MR) is 87.8 cm³/mol. The van der Waals surface area contributed by atoms with Gasteiger partial charge in [-0.15, -0.1) is 11.8 Å². The van der Waals surface area contributed by atoms with Crippen molar-refractivity contribution in [3.05, 3.63) is 64.1 Å². The third-order valence-corrected chi connectivity index (χ3v) is 5.35. The molecule has 0 amide bonds. The standard InChI is InChI=1S/C16H16BrF2NS/c1-20-13(9-11-8-12(18)6-7-15(11)19)10-21-16-5-3-2-4-14(16)17/h2-8,13,20H,9-10H2,1H3. The van der Waals surface area contributed by atoms with Gasteiger partial charge in [-0.1, -0.05) is 12.1 Å². The number of hydrogen-bond donors (Lipinski definition) is 1. The first-order valence-corrected chi connectivity index (χ1v) is 8.36. The van der Waals surface area contributed by atoms with E-state index in [0.29, 0.717) is 12.0 Å². The zero-order valence-electron chi connectivity index (χ0n) is 11.6. The molecule has 0 heterocycles. The number of rotatable bonds is 6. The summed E-state index contributed by atoms with van der Waals surface area (Å²) in [6.07, 6.45) is 0.456. The topological polar surface area (TPSA) is 12.0 Å². The zero-order valence-corrected chi connectivity index (χ0v) is 14.0. The van der Waals surface area contributed by atoms with Crippen molar-refractivity contribution < 1.29 is 8.78 Å². The fourth-order valence-corrected chi connectivity index (χ4v) is 3.64. The fourth-order valence-electron chi connectivity index (χ4n) is 1.96. The molecule has 0 fully saturated rings. The van der Waals surface area contributed by atoms with E-state index in [9.17, 15) is 8.78 Å². The normalized spacial score (nSPS) is 12.4. The lowest BCUT2D eigenvalue weighted by atomic mass is 10.1. The Labute approximate surface area is 136 Å². The summed E-state index contributed by atoms with van der Waals surface area (Å²) in [6.45, 7) is 0. The van der Waals surface area contributed by atoms with Gasteiger partial charge in [-0.2, -0.15) is 0 Å². The largest absolute Gasteiger partial charge is 0.316 e. The Morgan fingerprint density at radius 3 is 2.67 bits per heavy atom. The molecule has 21 heavy (non-hydrogen) atoms. The molecule has 2 aromatic carbocycles. The molecule has 2 rings (SSSR count). The third kappa shape index (κ3) is 4.80. The highest BCUT2D eigenvalue weighted by Gasteiger charge is 2.13. The van der Waals surface area contributed by atoms with Crippen molar-refractivity contribution in [2.75, 3.05) is 12.8 Å². The maximum Gasteiger partial charge on any atom is 0.126 e. The Hall–Kier alpha value is -0.910. The van der Waals surface area contributed by atoms with E-state index < -0.39 is 5.82 Å². The Morgan fingerprint density at radius 1 is 1.19 bits per heavy atom. The van der Waals surface area contributed by atoms with E-state index in [1.54, 1.807) is 11.8 Å². The van der Waals surface area contributed by atoms with Crippen molar-refractivity contribution in [1.29, 1.82) is 0 Å². The molecule has 1 unspecified atom stereocenters. The SMILES string of the molecule is CNC(CSc1ccccc1Br)Cc1cc(F)ccc1F. The van der Waals surface area contributed by atoms with Crippen LogP contribution in [0, 0.1) is 11.6 Å². The Balaban J connectivity index is 2.00. The molecule has 0 aliphatic carbocycles. The Bertz CT molecular complexity index is 607. The summed E-state index contributed by atoms with van der Waals surface area (Å²) in [5.41, 5.74) is 0.405. The molecular formula is C16H16BrF2NS. The van der Waals surface area contributed by atoms with Gasteiger partial charge in [0.25, 0.3) is 0 Å². The average Bonchev–Trinajstić information content (AvgIpc) is 2.48. The highest BCUT2D eigenvalue weighted by molar-refractivity contribution is 9.10. The van der Waals surface area contributed by atoms with Crippen molar-refractivity contribution in [2.45, 2.75) is 17.4 Å². The molecule has 2 aromatic rings. The van der Waals surface area contributed by atoms with Crippen LogP contribution in [0.25, 0.3) is 0 Å². The van der Waals surface area contributed by atoms with Crippen molar-refractivity contribution in [3.8, 4) is 0 Å². The molecule has 0 radical (unpaired) electrons. The molecule has 0 saturated heterocycles. The molecule has 1 nitrogen and oxygen atoms in total. The number of halogens is 3. The highest BCUT2D eigenvalue weighted by atomic mass is 79.9. The molecule has 1 atom stereocenters. The van der Waals surface area contributed by atoms with E-state index in [4.69, 9.17) is 0 Å². The molecule has 0 aromatic heterocycles. The summed E-state index contributed by atoms with van der Waals surface area (Å²) in [4.78, 5) is 1.14. The lowest BCUT2D eigenvalue weighted by molar-refractivity contribution is 0.555. The summed E-state index contributed by atoms with van der Waals surface area (Å²) in [5, 5.41) is 3.16. The second kappa shape index (κ2) is 7.92. The second-order valence-corrected chi connectivity index (χ2v) is 6.58. The van der Waals surface area contributed by atoms with Crippen molar-refractivity contribution >= 4 is 27.7 Å². The van der Waals surface area contributed by atoms with Crippen LogP contribution in [0.3, 0.4) is 0 Å². The van der Waals surface area contributed by atoms with Crippen LogP contribution in [0.4, 0.5) is 8.78 Å². The number of thioether (sulfide) groups is 1. The van der Waals surface area contributed by atoms with Gasteiger partial charge >= 0.3 is 0 Å². The molecule has 0 bridgehead atoms. The van der Waals surface area contributed by atoms with Crippen LogP contribution >= 0.6 is 27.7 Å². The molecule has 112 valence electrons. The van der Waals surface area contributed by atoms with Crippen molar-refractivity contribution in [3.63, 3.8) is 0 Å². The predicted octanol–water partition coefficient (Wildman–Crippen LogP) is 4.65. The molecule has 0 aliphatic rings. The summed E-state index contributed by atoms with van der Waals surface area (Å²) in [7, 11) is 1.84. The number of likely N-dealkylation sites (N-methyl/N-ethyl adjacent to an activating group) is 1. The number of benzene rings is 2. The first-order valence-electron chi connectivity index (χ1n) is 6.58. The molecule has 0 saturated carbocycles. The van der Waals surface area contributed by atoms with E-state index in [-0.39, 0.29) is 11.9 Å². The van der Waals surface area contributed by atoms with Gasteiger partial charge in [-0.05, 0) is 65.3 Å². The molecule has 0 spiro atoms. The summed E-state index contributed by atoms with van der Waals surface area (Å²) >= 11 is 5.19. The van der Waals surface area contributed by atoms with E-state index in [0.717, 1.165) is 21.2 Å². The van der Waals surface area contributed by atoms with E-state index in [2.05, 4.69) is 21.2 Å².